The van der Waals surface area contributed by atoms with E-state index in [4.69, 9.17) is 0 Å². The topological polar surface area (TPSA) is 17.1 Å². The fourth-order valence-electron chi connectivity index (χ4n) is 2.09. The highest BCUT2D eigenvalue weighted by Gasteiger charge is 2.18. The van der Waals surface area contributed by atoms with E-state index in [9.17, 15) is 9.18 Å². The second kappa shape index (κ2) is 6.53. The van der Waals surface area contributed by atoms with Gasteiger partial charge in [0, 0.05) is 11.5 Å². The van der Waals surface area contributed by atoms with E-state index in [1.807, 2.05) is 13.8 Å². The number of carbonyl (C=O) groups excluding carboxylic acids is 1. The Morgan fingerprint density at radius 2 is 2.00 bits per heavy atom. The minimum atomic E-state index is -0.321. The molecule has 0 aliphatic carbocycles. The summed E-state index contributed by atoms with van der Waals surface area (Å²) in [6.07, 6.45) is 3.88. The van der Waals surface area contributed by atoms with Gasteiger partial charge in [0.2, 0.25) is 0 Å². The Morgan fingerprint density at radius 3 is 2.53 bits per heavy atom. The van der Waals surface area contributed by atoms with Gasteiger partial charge in [-0.25, -0.2) is 4.39 Å². The lowest BCUT2D eigenvalue weighted by Gasteiger charge is -2.13. The zero-order valence-electron chi connectivity index (χ0n) is 10.9. The highest BCUT2D eigenvalue weighted by atomic mass is 19.1. The number of hydrogen-bond acceptors (Lipinski definition) is 1. The lowest BCUT2D eigenvalue weighted by molar-refractivity contribution is 0.0907. The Labute approximate surface area is 103 Å². The van der Waals surface area contributed by atoms with Gasteiger partial charge in [-0.3, -0.25) is 4.79 Å². The molecule has 0 saturated carbocycles. The van der Waals surface area contributed by atoms with Crippen LogP contribution in [0.3, 0.4) is 0 Å². The van der Waals surface area contributed by atoms with Crippen LogP contribution in [0.4, 0.5) is 4.39 Å². The van der Waals surface area contributed by atoms with Crippen LogP contribution in [0.1, 0.15) is 55.5 Å². The maximum atomic E-state index is 13.3. The minimum absolute atomic E-state index is 0.0381. The molecule has 0 fully saturated rings. The third-order valence-corrected chi connectivity index (χ3v) is 3.10. The van der Waals surface area contributed by atoms with Crippen molar-refractivity contribution in [3.05, 3.63) is 35.1 Å². The average molecular weight is 236 g/mol. The molecule has 0 N–H and O–H groups in total. The molecule has 0 amide bonds. The molecular weight excluding hydrogens is 215 g/mol. The van der Waals surface area contributed by atoms with E-state index in [2.05, 4.69) is 6.92 Å². The van der Waals surface area contributed by atoms with E-state index < -0.39 is 0 Å². The lowest BCUT2D eigenvalue weighted by Crippen LogP contribution is -2.14. The van der Waals surface area contributed by atoms with Gasteiger partial charge in [-0.1, -0.05) is 26.7 Å². The fraction of sp³-hybridized carbons (Fsp3) is 0.533. The summed E-state index contributed by atoms with van der Waals surface area (Å²) in [7, 11) is 0. The molecule has 1 nitrogen and oxygen atoms in total. The molecule has 0 spiro atoms. The second-order valence-electron chi connectivity index (χ2n) is 4.63. The Balaban J connectivity index is 2.85. The molecule has 0 radical (unpaired) electrons. The molecular formula is C15H21FO. The molecule has 0 saturated heterocycles. The zero-order valence-corrected chi connectivity index (χ0v) is 10.9. The van der Waals surface area contributed by atoms with Gasteiger partial charge in [-0.05, 0) is 43.5 Å². The number of aryl methyl sites for hydroxylation is 1. The van der Waals surface area contributed by atoms with Gasteiger partial charge in [-0.2, -0.15) is 0 Å². The van der Waals surface area contributed by atoms with Crippen molar-refractivity contribution < 1.29 is 9.18 Å². The first-order valence-corrected chi connectivity index (χ1v) is 6.39. The van der Waals surface area contributed by atoms with E-state index in [0.29, 0.717) is 5.56 Å². The quantitative estimate of drug-likeness (QED) is 0.663. The van der Waals surface area contributed by atoms with Crippen LogP contribution in [0.5, 0.6) is 0 Å². The standard InChI is InChI=1S/C15H21FO/c1-4-6-7-12(5-2)15(17)13-8-11(3)9-14(16)10-13/h8-10,12H,4-7H2,1-3H3/t12-/m0/s1. The Morgan fingerprint density at radius 1 is 1.29 bits per heavy atom. The molecule has 0 heterocycles. The van der Waals surface area contributed by atoms with Gasteiger partial charge in [0.1, 0.15) is 5.82 Å². The summed E-state index contributed by atoms with van der Waals surface area (Å²) >= 11 is 0. The van der Waals surface area contributed by atoms with Crippen molar-refractivity contribution in [1.82, 2.24) is 0 Å². The van der Waals surface area contributed by atoms with Gasteiger partial charge in [-0.15, -0.1) is 0 Å². The van der Waals surface area contributed by atoms with Crippen LogP contribution in [-0.2, 0) is 0 Å². The van der Waals surface area contributed by atoms with Gasteiger partial charge >= 0.3 is 0 Å². The van der Waals surface area contributed by atoms with Crippen LogP contribution in [0.25, 0.3) is 0 Å². The molecule has 0 aliphatic heterocycles. The van der Waals surface area contributed by atoms with Crippen molar-refractivity contribution in [2.45, 2.75) is 46.5 Å². The molecule has 1 rings (SSSR count). The largest absolute Gasteiger partial charge is 0.294 e. The molecule has 0 unspecified atom stereocenters. The van der Waals surface area contributed by atoms with Gasteiger partial charge in [0.25, 0.3) is 0 Å². The molecule has 1 aromatic carbocycles. The Hall–Kier alpha value is -1.18. The van der Waals surface area contributed by atoms with Crippen molar-refractivity contribution >= 4 is 5.78 Å². The molecule has 94 valence electrons. The maximum absolute atomic E-state index is 13.3. The Kier molecular flexibility index (Phi) is 5.33. The summed E-state index contributed by atoms with van der Waals surface area (Å²) in [5, 5.41) is 0. The van der Waals surface area contributed by atoms with E-state index >= 15 is 0 Å². The smallest absolute Gasteiger partial charge is 0.166 e. The van der Waals surface area contributed by atoms with Gasteiger partial charge in [0.05, 0.1) is 0 Å². The predicted octanol–water partition coefficient (Wildman–Crippen LogP) is 4.53. The number of hydrogen-bond donors (Lipinski definition) is 0. The van der Waals surface area contributed by atoms with Crippen molar-refractivity contribution in [1.29, 1.82) is 0 Å². The summed E-state index contributed by atoms with van der Waals surface area (Å²) in [6, 6.07) is 4.58. The third-order valence-electron chi connectivity index (χ3n) is 3.10. The fourth-order valence-corrected chi connectivity index (χ4v) is 2.09. The molecule has 1 atom stereocenters. The first-order valence-electron chi connectivity index (χ1n) is 6.39. The van der Waals surface area contributed by atoms with Crippen LogP contribution in [0, 0.1) is 18.7 Å². The lowest BCUT2D eigenvalue weighted by atomic mass is 9.90. The Bertz CT molecular complexity index is 364. The molecule has 17 heavy (non-hydrogen) atoms. The van der Waals surface area contributed by atoms with Crippen LogP contribution in [0.15, 0.2) is 18.2 Å². The highest BCUT2D eigenvalue weighted by molar-refractivity contribution is 5.98. The van der Waals surface area contributed by atoms with Crippen LogP contribution in [0.2, 0.25) is 0 Å². The number of ketones is 1. The molecule has 0 aromatic heterocycles. The van der Waals surface area contributed by atoms with Crippen LogP contribution < -0.4 is 0 Å². The maximum Gasteiger partial charge on any atom is 0.166 e. The number of carbonyl (C=O) groups is 1. The SMILES string of the molecule is CCCC[C@H](CC)C(=O)c1cc(C)cc(F)c1. The first kappa shape index (κ1) is 13.9. The number of benzene rings is 1. The first-order chi connectivity index (χ1) is 8.08. The second-order valence-corrected chi connectivity index (χ2v) is 4.63. The minimum Gasteiger partial charge on any atom is -0.294 e. The zero-order chi connectivity index (χ0) is 12.8. The molecule has 1 aromatic rings. The number of Topliss-reactive ketones (excluding diaryl/α,β-unsaturated/α-hetero) is 1. The summed E-state index contributed by atoms with van der Waals surface area (Å²) in [5.41, 5.74) is 1.32. The van der Waals surface area contributed by atoms with Crippen LogP contribution >= 0.6 is 0 Å². The monoisotopic (exact) mass is 236 g/mol. The molecule has 0 bridgehead atoms. The van der Waals surface area contributed by atoms with Crippen molar-refractivity contribution in [3.8, 4) is 0 Å². The summed E-state index contributed by atoms with van der Waals surface area (Å²) < 4.78 is 13.3. The summed E-state index contributed by atoms with van der Waals surface area (Å²) in [5.74, 6) is -0.196. The van der Waals surface area contributed by atoms with Gasteiger partial charge < -0.3 is 0 Å². The average Bonchev–Trinajstić information content (AvgIpc) is 2.28. The van der Waals surface area contributed by atoms with Crippen molar-refractivity contribution in [3.63, 3.8) is 0 Å². The van der Waals surface area contributed by atoms with E-state index in [1.54, 1.807) is 6.07 Å². The summed E-state index contributed by atoms with van der Waals surface area (Å²) in [4.78, 5) is 12.2. The predicted molar refractivity (Wildman–Crippen MR) is 68.8 cm³/mol. The van der Waals surface area contributed by atoms with E-state index in [-0.39, 0.29) is 17.5 Å². The van der Waals surface area contributed by atoms with Gasteiger partial charge in [0.15, 0.2) is 5.78 Å². The number of unbranched alkanes of at least 4 members (excludes halogenated alkanes) is 1. The third kappa shape index (κ3) is 3.95. The van der Waals surface area contributed by atoms with Crippen molar-refractivity contribution in [2.24, 2.45) is 5.92 Å². The summed E-state index contributed by atoms with van der Waals surface area (Å²) in [6.45, 7) is 5.95. The van der Waals surface area contributed by atoms with Crippen LogP contribution in [-0.4, -0.2) is 5.78 Å². The van der Waals surface area contributed by atoms with E-state index in [1.165, 1.54) is 12.1 Å². The van der Waals surface area contributed by atoms with Crippen molar-refractivity contribution in [2.75, 3.05) is 0 Å². The molecule has 2 heteroatoms. The number of halogens is 1. The number of rotatable bonds is 6. The molecule has 0 aliphatic rings. The van der Waals surface area contributed by atoms with E-state index in [0.717, 1.165) is 31.2 Å². The highest BCUT2D eigenvalue weighted by Crippen LogP contribution is 2.20. The normalized spacial score (nSPS) is 12.5.